The summed E-state index contributed by atoms with van der Waals surface area (Å²) in [4.78, 5) is 23.6. The Morgan fingerprint density at radius 1 is 1.06 bits per heavy atom. The minimum atomic E-state index is -0.475. The number of ether oxygens (including phenoxy) is 1. The minimum absolute atomic E-state index is 0.0193. The van der Waals surface area contributed by atoms with Crippen molar-refractivity contribution in [2.45, 2.75) is 13.8 Å². The third-order valence-corrected chi connectivity index (χ3v) is 5.22. The van der Waals surface area contributed by atoms with Crippen molar-refractivity contribution in [2.75, 3.05) is 39.5 Å². The standard InChI is InChI=1S/C23H26N4O5/c1-15-13-27-14-20(25-22(27)16(2)24-15)19-11-17-3-4-18(12-21(17)32-23(19)30)31-10-7-26(5-8-28)6-9-29/h3-4,11-14,28-29H,5-10H2,1-2H3. The first-order chi connectivity index (χ1) is 15.5. The van der Waals surface area contributed by atoms with Gasteiger partial charge in [-0.15, -0.1) is 0 Å². The maximum atomic E-state index is 12.7. The summed E-state index contributed by atoms with van der Waals surface area (Å²) in [7, 11) is 0. The van der Waals surface area contributed by atoms with Crippen molar-refractivity contribution < 1.29 is 19.4 Å². The summed E-state index contributed by atoms with van der Waals surface area (Å²) < 4.78 is 13.2. The van der Waals surface area contributed by atoms with Gasteiger partial charge in [0.2, 0.25) is 0 Å². The molecule has 9 heteroatoms. The van der Waals surface area contributed by atoms with Crippen molar-refractivity contribution >= 4 is 16.6 Å². The van der Waals surface area contributed by atoms with Crippen LogP contribution in [0.3, 0.4) is 0 Å². The molecule has 4 rings (SSSR count). The van der Waals surface area contributed by atoms with Gasteiger partial charge in [0.15, 0.2) is 5.65 Å². The Morgan fingerprint density at radius 2 is 1.84 bits per heavy atom. The van der Waals surface area contributed by atoms with E-state index in [1.807, 2.05) is 41.5 Å². The predicted molar refractivity (Wildman–Crippen MR) is 120 cm³/mol. The number of hydrogen-bond acceptors (Lipinski definition) is 8. The van der Waals surface area contributed by atoms with E-state index < -0.39 is 5.63 Å². The number of imidazole rings is 1. The Bertz CT molecular complexity index is 1290. The van der Waals surface area contributed by atoms with Gasteiger partial charge in [-0.3, -0.25) is 9.88 Å². The molecule has 3 heterocycles. The van der Waals surface area contributed by atoms with Crippen LogP contribution < -0.4 is 10.4 Å². The Kier molecular flexibility index (Phi) is 6.50. The molecular weight excluding hydrogens is 412 g/mol. The van der Waals surface area contributed by atoms with Crippen LogP contribution in [-0.4, -0.2) is 68.9 Å². The summed E-state index contributed by atoms with van der Waals surface area (Å²) in [6, 6.07) is 7.11. The second kappa shape index (κ2) is 9.47. The number of fused-ring (bicyclic) bond motifs is 2. The normalized spacial score (nSPS) is 11.7. The van der Waals surface area contributed by atoms with Crippen LogP contribution in [0, 0.1) is 13.8 Å². The second-order valence-electron chi connectivity index (χ2n) is 7.61. The number of aromatic nitrogens is 3. The first-order valence-electron chi connectivity index (χ1n) is 10.5. The van der Waals surface area contributed by atoms with Crippen LogP contribution in [0.2, 0.25) is 0 Å². The number of aliphatic hydroxyl groups is 2. The molecule has 9 nitrogen and oxygen atoms in total. The SMILES string of the molecule is Cc1cn2cc(-c3cc4ccc(OCCN(CCO)CCO)cc4oc3=O)nc2c(C)n1. The van der Waals surface area contributed by atoms with Crippen molar-refractivity contribution in [3.05, 3.63) is 58.5 Å². The molecular formula is C23H26N4O5. The van der Waals surface area contributed by atoms with E-state index in [0.29, 0.717) is 54.5 Å². The predicted octanol–water partition coefficient (Wildman–Crippen LogP) is 1.78. The first kappa shape index (κ1) is 21.9. The van der Waals surface area contributed by atoms with Crippen molar-refractivity contribution in [1.82, 2.24) is 19.3 Å². The van der Waals surface area contributed by atoms with Crippen molar-refractivity contribution in [3.8, 4) is 17.0 Å². The molecule has 3 aromatic heterocycles. The number of hydrogen-bond donors (Lipinski definition) is 2. The molecule has 4 aromatic rings. The smallest absolute Gasteiger partial charge is 0.345 e. The maximum Gasteiger partial charge on any atom is 0.345 e. The lowest BCUT2D eigenvalue weighted by atomic mass is 10.1. The molecule has 0 fully saturated rings. The Balaban J connectivity index is 1.56. The highest BCUT2D eigenvalue weighted by Gasteiger charge is 2.14. The quantitative estimate of drug-likeness (QED) is 0.380. The summed E-state index contributed by atoms with van der Waals surface area (Å²) in [5.41, 5.74) is 3.23. The number of benzene rings is 1. The lowest BCUT2D eigenvalue weighted by molar-refractivity contribution is 0.141. The zero-order chi connectivity index (χ0) is 22.7. The van der Waals surface area contributed by atoms with E-state index in [9.17, 15) is 4.79 Å². The number of nitrogens with zero attached hydrogens (tertiary/aromatic N) is 4. The van der Waals surface area contributed by atoms with E-state index in [0.717, 1.165) is 16.8 Å². The topological polar surface area (TPSA) is 113 Å². The summed E-state index contributed by atoms with van der Waals surface area (Å²) in [6.45, 7) is 5.71. The zero-order valence-electron chi connectivity index (χ0n) is 18.1. The lowest BCUT2D eigenvalue weighted by Gasteiger charge is -2.20. The fraction of sp³-hybridized carbons (Fsp3) is 0.348. The number of aliphatic hydroxyl groups excluding tert-OH is 2. The van der Waals surface area contributed by atoms with E-state index in [-0.39, 0.29) is 13.2 Å². The highest BCUT2D eigenvalue weighted by Crippen LogP contribution is 2.25. The highest BCUT2D eigenvalue weighted by atomic mass is 16.5. The Labute approximate surface area is 184 Å². The molecule has 0 spiro atoms. The fourth-order valence-electron chi connectivity index (χ4n) is 3.70. The minimum Gasteiger partial charge on any atom is -0.492 e. The number of aryl methyl sites for hydroxylation is 2. The molecule has 0 aliphatic heterocycles. The molecule has 0 amide bonds. The molecule has 0 radical (unpaired) electrons. The Hall–Kier alpha value is -3.27. The molecule has 168 valence electrons. The van der Waals surface area contributed by atoms with Crippen LogP contribution in [0.1, 0.15) is 11.4 Å². The highest BCUT2D eigenvalue weighted by molar-refractivity contribution is 5.82. The van der Waals surface area contributed by atoms with Crippen molar-refractivity contribution in [2.24, 2.45) is 0 Å². The third-order valence-electron chi connectivity index (χ3n) is 5.22. The average Bonchev–Trinajstić information content (AvgIpc) is 3.17. The maximum absolute atomic E-state index is 12.7. The molecule has 0 atom stereocenters. The summed E-state index contributed by atoms with van der Waals surface area (Å²) in [6.07, 6.45) is 3.67. The van der Waals surface area contributed by atoms with Gasteiger partial charge in [-0.2, -0.15) is 0 Å². The van der Waals surface area contributed by atoms with Gasteiger partial charge in [0, 0.05) is 43.5 Å². The van der Waals surface area contributed by atoms with Crippen LogP contribution in [0.4, 0.5) is 0 Å². The van der Waals surface area contributed by atoms with Crippen LogP contribution in [-0.2, 0) is 0 Å². The second-order valence-corrected chi connectivity index (χ2v) is 7.61. The summed E-state index contributed by atoms with van der Waals surface area (Å²) in [5, 5.41) is 18.9. The molecule has 0 saturated carbocycles. The molecule has 1 aromatic carbocycles. The van der Waals surface area contributed by atoms with Crippen molar-refractivity contribution in [3.63, 3.8) is 0 Å². The molecule has 32 heavy (non-hydrogen) atoms. The van der Waals surface area contributed by atoms with Gasteiger partial charge in [0.05, 0.1) is 35.9 Å². The molecule has 2 N–H and O–H groups in total. The van der Waals surface area contributed by atoms with Gasteiger partial charge in [-0.1, -0.05) is 0 Å². The van der Waals surface area contributed by atoms with Gasteiger partial charge >= 0.3 is 5.63 Å². The van der Waals surface area contributed by atoms with E-state index in [1.165, 1.54) is 0 Å². The first-order valence-corrected chi connectivity index (χ1v) is 10.5. The van der Waals surface area contributed by atoms with Crippen LogP contribution >= 0.6 is 0 Å². The average molecular weight is 438 g/mol. The molecule has 0 aliphatic carbocycles. The van der Waals surface area contributed by atoms with E-state index >= 15 is 0 Å². The van der Waals surface area contributed by atoms with Crippen LogP contribution in [0.5, 0.6) is 5.75 Å². The third kappa shape index (κ3) is 4.64. The van der Waals surface area contributed by atoms with Crippen LogP contribution in [0.25, 0.3) is 27.9 Å². The monoisotopic (exact) mass is 438 g/mol. The van der Waals surface area contributed by atoms with Gasteiger partial charge < -0.3 is 23.8 Å². The molecule has 0 aliphatic rings. The molecule has 0 saturated heterocycles. The molecule has 0 bridgehead atoms. The summed E-state index contributed by atoms with van der Waals surface area (Å²) in [5.74, 6) is 0.575. The zero-order valence-corrected chi connectivity index (χ0v) is 18.1. The largest absolute Gasteiger partial charge is 0.492 e. The lowest BCUT2D eigenvalue weighted by Crippen LogP contribution is -2.33. The van der Waals surface area contributed by atoms with E-state index in [4.69, 9.17) is 19.4 Å². The van der Waals surface area contributed by atoms with Gasteiger partial charge in [-0.25, -0.2) is 9.78 Å². The van der Waals surface area contributed by atoms with Gasteiger partial charge in [-0.05, 0) is 32.0 Å². The van der Waals surface area contributed by atoms with Crippen LogP contribution in [0.15, 0.2) is 45.9 Å². The fourth-order valence-corrected chi connectivity index (χ4v) is 3.70. The van der Waals surface area contributed by atoms with Gasteiger partial charge in [0.1, 0.15) is 17.9 Å². The summed E-state index contributed by atoms with van der Waals surface area (Å²) >= 11 is 0. The molecule has 0 unspecified atom stereocenters. The van der Waals surface area contributed by atoms with E-state index in [1.54, 1.807) is 18.3 Å². The van der Waals surface area contributed by atoms with E-state index in [2.05, 4.69) is 9.97 Å². The number of rotatable bonds is 9. The van der Waals surface area contributed by atoms with Gasteiger partial charge in [0.25, 0.3) is 0 Å². The Morgan fingerprint density at radius 3 is 2.59 bits per heavy atom. The van der Waals surface area contributed by atoms with Crippen molar-refractivity contribution in [1.29, 1.82) is 0 Å².